The predicted octanol–water partition coefficient (Wildman–Crippen LogP) is 2.72. The van der Waals surface area contributed by atoms with Crippen LogP contribution < -0.4 is 10.6 Å². The van der Waals surface area contributed by atoms with Crippen LogP contribution in [-0.4, -0.2) is 57.9 Å². The van der Waals surface area contributed by atoms with Crippen molar-refractivity contribution >= 4 is 17.4 Å². The number of fused-ring (bicyclic) bond motifs is 1. The van der Waals surface area contributed by atoms with Gasteiger partial charge in [-0.15, -0.1) is 0 Å². The second kappa shape index (κ2) is 8.61. The van der Waals surface area contributed by atoms with Gasteiger partial charge in [-0.3, -0.25) is 14.2 Å². The average molecular weight is 393 g/mol. The minimum atomic E-state index is 0.0967. The van der Waals surface area contributed by atoms with E-state index in [2.05, 4.69) is 58.8 Å². The van der Waals surface area contributed by atoms with Gasteiger partial charge in [-0.1, -0.05) is 29.8 Å². The van der Waals surface area contributed by atoms with Crippen molar-refractivity contribution in [2.24, 2.45) is 0 Å². The molecule has 2 aromatic heterocycles. The van der Waals surface area contributed by atoms with Crippen molar-refractivity contribution in [3.63, 3.8) is 0 Å². The first-order chi connectivity index (χ1) is 14.1. The third kappa shape index (κ3) is 4.56. The molecule has 29 heavy (non-hydrogen) atoms. The molecular formula is C22H28N6O. The molecule has 4 rings (SSSR count). The molecule has 7 nitrogen and oxygen atoms in total. The molecule has 3 heterocycles. The number of anilines is 1. The predicted molar refractivity (Wildman–Crippen MR) is 115 cm³/mol. The fourth-order valence-electron chi connectivity index (χ4n) is 3.74. The Morgan fingerprint density at radius 2 is 1.97 bits per heavy atom. The van der Waals surface area contributed by atoms with Gasteiger partial charge in [0.25, 0.3) is 0 Å². The molecule has 3 aromatic rings. The van der Waals surface area contributed by atoms with Gasteiger partial charge in [-0.25, -0.2) is 4.98 Å². The van der Waals surface area contributed by atoms with Gasteiger partial charge in [-0.2, -0.15) is 0 Å². The molecule has 1 aromatic carbocycles. The van der Waals surface area contributed by atoms with Gasteiger partial charge >= 0.3 is 0 Å². The van der Waals surface area contributed by atoms with Gasteiger partial charge in [0.2, 0.25) is 5.91 Å². The maximum Gasteiger partial charge on any atom is 0.221 e. The summed E-state index contributed by atoms with van der Waals surface area (Å²) in [6.45, 7) is 4.70. The van der Waals surface area contributed by atoms with E-state index in [1.54, 1.807) is 12.4 Å². The lowest BCUT2D eigenvalue weighted by molar-refractivity contribution is -0.121. The zero-order chi connectivity index (χ0) is 20.2. The Hall–Kier alpha value is -2.93. The Kier molecular flexibility index (Phi) is 5.76. The minimum Gasteiger partial charge on any atom is -0.369 e. The third-order valence-corrected chi connectivity index (χ3v) is 5.48. The molecule has 0 aliphatic carbocycles. The van der Waals surface area contributed by atoms with Crippen LogP contribution in [-0.2, 0) is 4.79 Å². The number of imidazole rings is 1. The van der Waals surface area contributed by atoms with Crippen molar-refractivity contribution in [2.75, 3.05) is 32.0 Å². The van der Waals surface area contributed by atoms with Crippen LogP contribution in [0.5, 0.6) is 0 Å². The summed E-state index contributed by atoms with van der Waals surface area (Å²) < 4.78 is 1.98. The van der Waals surface area contributed by atoms with E-state index < -0.39 is 0 Å². The molecule has 7 heteroatoms. The lowest BCUT2D eigenvalue weighted by Crippen LogP contribution is -2.43. The molecule has 1 fully saturated rings. The number of benzene rings is 1. The Morgan fingerprint density at radius 1 is 1.21 bits per heavy atom. The zero-order valence-electron chi connectivity index (χ0n) is 17.1. The highest BCUT2D eigenvalue weighted by molar-refractivity contribution is 5.79. The SMILES string of the molecule is Cc1ccc(-c2nc3cnccn3c2NCCC(=O)NC2CCN(C)CC2)cc1. The summed E-state index contributed by atoms with van der Waals surface area (Å²) in [7, 11) is 2.12. The fraction of sp³-hybridized carbons (Fsp3) is 0.409. The first kappa shape index (κ1) is 19.4. The van der Waals surface area contributed by atoms with Crippen molar-refractivity contribution in [3.8, 4) is 11.3 Å². The standard InChI is InChI=1S/C22H28N6O/c1-16-3-5-17(6-4-16)21-22(28-14-11-23-15-19(28)26-21)24-10-7-20(29)25-18-8-12-27(2)13-9-18/h3-6,11,14-15,18,24H,7-10,12-13H2,1-2H3,(H,25,29). The second-order valence-corrected chi connectivity index (χ2v) is 7.80. The normalized spacial score (nSPS) is 15.5. The summed E-state index contributed by atoms with van der Waals surface area (Å²) >= 11 is 0. The summed E-state index contributed by atoms with van der Waals surface area (Å²) in [6, 6.07) is 8.60. The van der Waals surface area contributed by atoms with Gasteiger partial charge in [-0.05, 0) is 39.9 Å². The number of likely N-dealkylation sites (tertiary alicyclic amines) is 1. The van der Waals surface area contributed by atoms with E-state index in [0.29, 0.717) is 19.0 Å². The highest BCUT2D eigenvalue weighted by atomic mass is 16.1. The first-order valence-electron chi connectivity index (χ1n) is 10.2. The van der Waals surface area contributed by atoms with Crippen LogP contribution >= 0.6 is 0 Å². The van der Waals surface area contributed by atoms with E-state index in [4.69, 9.17) is 4.98 Å². The van der Waals surface area contributed by atoms with Gasteiger partial charge in [0, 0.05) is 37.0 Å². The molecular weight excluding hydrogens is 364 g/mol. The van der Waals surface area contributed by atoms with Gasteiger partial charge < -0.3 is 15.5 Å². The molecule has 0 spiro atoms. The number of nitrogens with zero attached hydrogens (tertiary/aromatic N) is 4. The van der Waals surface area contributed by atoms with Crippen molar-refractivity contribution < 1.29 is 4.79 Å². The monoisotopic (exact) mass is 392 g/mol. The van der Waals surface area contributed by atoms with Gasteiger partial charge in [0.1, 0.15) is 11.5 Å². The molecule has 152 valence electrons. The summed E-state index contributed by atoms with van der Waals surface area (Å²) in [4.78, 5) is 23.6. The Bertz CT molecular complexity index is 973. The molecule has 0 atom stereocenters. The molecule has 1 aliphatic rings. The molecule has 0 unspecified atom stereocenters. The van der Waals surface area contributed by atoms with Crippen molar-refractivity contribution in [2.45, 2.75) is 32.2 Å². The minimum absolute atomic E-state index is 0.0967. The number of hydrogen-bond acceptors (Lipinski definition) is 5. The second-order valence-electron chi connectivity index (χ2n) is 7.80. The number of carbonyl (C=O) groups excluding carboxylic acids is 1. The first-order valence-corrected chi connectivity index (χ1v) is 10.2. The van der Waals surface area contributed by atoms with E-state index in [-0.39, 0.29) is 5.91 Å². The quantitative estimate of drug-likeness (QED) is 0.675. The molecule has 0 bridgehead atoms. The van der Waals surface area contributed by atoms with E-state index in [1.165, 1.54) is 5.56 Å². The van der Waals surface area contributed by atoms with Gasteiger partial charge in [0.05, 0.1) is 6.20 Å². The molecule has 1 aliphatic heterocycles. The van der Waals surface area contributed by atoms with Crippen LogP contribution in [0.3, 0.4) is 0 Å². The number of amides is 1. The summed E-state index contributed by atoms with van der Waals surface area (Å²) in [5.41, 5.74) is 3.90. The summed E-state index contributed by atoms with van der Waals surface area (Å²) in [6.07, 6.45) is 7.85. The van der Waals surface area contributed by atoms with Gasteiger partial charge in [0.15, 0.2) is 5.65 Å². The van der Waals surface area contributed by atoms with Crippen molar-refractivity contribution in [1.29, 1.82) is 0 Å². The largest absolute Gasteiger partial charge is 0.369 e. The lowest BCUT2D eigenvalue weighted by Gasteiger charge is -2.29. The summed E-state index contributed by atoms with van der Waals surface area (Å²) in [5.74, 6) is 0.984. The number of rotatable bonds is 6. The van der Waals surface area contributed by atoms with Crippen LogP contribution in [0, 0.1) is 6.92 Å². The maximum absolute atomic E-state index is 12.4. The van der Waals surface area contributed by atoms with Crippen LogP contribution in [0.1, 0.15) is 24.8 Å². The Labute approximate surface area is 171 Å². The highest BCUT2D eigenvalue weighted by Gasteiger charge is 2.19. The van der Waals surface area contributed by atoms with Crippen LogP contribution in [0.15, 0.2) is 42.9 Å². The molecule has 1 amide bonds. The Morgan fingerprint density at radius 3 is 2.72 bits per heavy atom. The molecule has 2 N–H and O–H groups in total. The number of aryl methyl sites for hydroxylation is 1. The van der Waals surface area contributed by atoms with E-state index in [9.17, 15) is 4.79 Å². The molecule has 0 saturated carbocycles. The average Bonchev–Trinajstić information content (AvgIpc) is 3.09. The van der Waals surface area contributed by atoms with Crippen molar-refractivity contribution in [1.82, 2.24) is 24.6 Å². The zero-order valence-corrected chi connectivity index (χ0v) is 17.1. The van der Waals surface area contributed by atoms with E-state index >= 15 is 0 Å². The topological polar surface area (TPSA) is 74.6 Å². The number of carbonyl (C=O) groups is 1. The van der Waals surface area contributed by atoms with Crippen LogP contribution in [0.25, 0.3) is 16.9 Å². The van der Waals surface area contributed by atoms with Crippen LogP contribution in [0.4, 0.5) is 5.82 Å². The smallest absolute Gasteiger partial charge is 0.221 e. The summed E-state index contributed by atoms with van der Waals surface area (Å²) in [5, 5.41) is 6.60. The van der Waals surface area contributed by atoms with Crippen LogP contribution in [0.2, 0.25) is 0 Å². The number of hydrogen-bond donors (Lipinski definition) is 2. The number of aromatic nitrogens is 3. The van der Waals surface area contributed by atoms with Crippen molar-refractivity contribution in [3.05, 3.63) is 48.4 Å². The van der Waals surface area contributed by atoms with E-state index in [1.807, 2.05) is 10.6 Å². The highest BCUT2D eigenvalue weighted by Crippen LogP contribution is 2.28. The lowest BCUT2D eigenvalue weighted by atomic mass is 10.1. The maximum atomic E-state index is 12.4. The molecule has 1 saturated heterocycles. The number of piperidine rings is 1. The number of nitrogens with one attached hydrogen (secondary N) is 2. The Balaban J connectivity index is 1.44. The molecule has 0 radical (unpaired) electrons. The third-order valence-electron chi connectivity index (χ3n) is 5.48. The fourth-order valence-corrected chi connectivity index (χ4v) is 3.74. The van der Waals surface area contributed by atoms with E-state index in [0.717, 1.165) is 48.7 Å².